The van der Waals surface area contributed by atoms with Crippen LogP contribution in [-0.2, 0) is 0 Å². The predicted molar refractivity (Wildman–Crippen MR) is 107 cm³/mol. The van der Waals surface area contributed by atoms with Gasteiger partial charge in [0, 0.05) is 5.02 Å². The number of halogens is 1. The van der Waals surface area contributed by atoms with Gasteiger partial charge in [-0.15, -0.1) is 0 Å². The maximum absolute atomic E-state index is 12.1. The van der Waals surface area contributed by atoms with E-state index >= 15 is 0 Å². The van der Waals surface area contributed by atoms with Crippen molar-refractivity contribution in [2.45, 2.75) is 0 Å². The summed E-state index contributed by atoms with van der Waals surface area (Å²) in [5.41, 5.74) is 1.69. The highest BCUT2D eigenvalue weighted by Crippen LogP contribution is 2.21. The summed E-state index contributed by atoms with van der Waals surface area (Å²) >= 11 is 11.1. The van der Waals surface area contributed by atoms with Crippen LogP contribution in [0, 0.1) is 4.77 Å². The minimum Gasteiger partial charge on any atom is -0.507 e. The normalized spacial score (nSPS) is 10.9. The molecule has 10 heteroatoms. The van der Waals surface area contributed by atoms with Gasteiger partial charge in [0.1, 0.15) is 11.3 Å². The molecule has 4 N–H and O–H groups in total. The van der Waals surface area contributed by atoms with Crippen molar-refractivity contribution in [3.05, 3.63) is 79.8 Å². The quantitative estimate of drug-likeness (QED) is 0.296. The number of phenols is 1. The van der Waals surface area contributed by atoms with Gasteiger partial charge in [-0.2, -0.15) is 5.10 Å². The highest BCUT2D eigenvalue weighted by Gasteiger charge is 2.13. The number of carbonyl (C=O) groups excluding carboxylic acids is 1. The zero-order valence-electron chi connectivity index (χ0n) is 14.1. The summed E-state index contributed by atoms with van der Waals surface area (Å²) in [6.07, 6.45) is 0.974. The summed E-state index contributed by atoms with van der Waals surface area (Å²) in [6, 6.07) is 12.4. The van der Waals surface area contributed by atoms with Crippen LogP contribution in [-0.4, -0.2) is 31.9 Å². The molecular formula is C18H13ClN4O4S. The van der Waals surface area contributed by atoms with E-state index in [1.165, 1.54) is 16.7 Å². The third-order valence-electron chi connectivity index (χ3n) is 3.70. The van der Waals surface area contributed by atoms with E-state index in [1.54, 1.807) is 36.4 Å². The molecule has 2 aromatic carbocycles. The smallest absolute Gasteiger partial charge is 0.275 e. The van der Waals surface area contributed by atoms with E-state index in [1.807, 2.05) is 0 Å². The Kier molecular flexibility index (Phi) is 5.57. The van der Waals surface area contributed by atoms with Crippen LogP contribution in [0.3, 0.4) is 0 Å². The topological polar surface area (TPSA) is 120 Å². The van der Waals surface area contributed by atoms with Gasteiger partial charge in [0.15, 0.2) is 4.77 Å². The lowest BCUT2D eigenvalue weighted by molar-refractivity contribution is 0.0952. The van der Waals surface area contributed by atoms with Crippen molar-refractivity contribution >= 4 is 35.9 Å². The fraction of sp³-hybridized carbons (Fsp3) is 0. The van der Waals surface area contributed by atoms with Gasteiger partial charge in [-0.25, -0.2) is 5.43 Å². The lowest BCUT2D eigenvalue weighted by Crippen LogP contribution is -2.21. The number of hydrogen-bond donors (Lipinski definition) is 4. The summed E-state index contributed by atoms with van der Waals surface area (Å²) in [7, 11) is 0. The molecule has 3 rings (SSSR count). The molecule has 0 aliphatic carbocycles. The van der Waals surface area contributed by atoms with Crippen LogP contribution in [0.2, 0.25) is 5.02 Å². The molecule has 0 spiro atoms. The molecule has 142 valence electrons. The molecule has 0 unspecified atom stereocenters. The number of carbonyl (C=O) groups is 1. The summed E-state index contributed by atoms with van der Waals surface area (Å²) in [5, 5.41) is 24.3. The Morgan fingerprint density at radius 1 is 1.21 bits per heavy atom. The van der Waals surface area contributed by atoms with E-state index in [9.17, 15) is 19.8 Å². The Morgan fingerprint density at radius 3 is 2.68 bits per heavy atom. The van der Waals surface area contributed by atoms with Crippen molar-refractivity contribution in [1.29, 1.82) is 0 Å². The first-order valence-electron chi connectivity index (χ1n) is 7.84. The number of rotatable bonds is 4. The molecule has 1 amide bonds. The molecule has 0 saturated carbocycles. The summed E-state index contributed by atoms with van der Waals surface area (Å²) in [6.45, 7) is 0. The van der Waals surface area contributed by atoms with E-state index in [0.717, 1.165) is 6.21 Å². The fourth-order valence-corrected chi connectivity index (χ4v) is 2.86. The van der Waals surface area contributed by atoms with E-state index < -0.39 is 17.3 Å². The van der Waals surface area contributed by atoms with E-state index in [2.05, 4.69) is 15.5 Å². The van der Waals surface area contributed by atoms with Crippen LogP contribution in [0.25, 0.3) is 5.69 Å². The van der Waals surface area contributed by atoms with Crippen LogP contribution in [0.15, 0.2) is 58.4 Å². The number of aromatic hydroxyl groups is 2. The fourth-order valence-electron chi connectivity index (χ4n) is 2.39. The molecule has 0 bridgehead atoms. The van der Waals surface area contributed by atoms with Gasteiger partial charge in [0.05, 0.1) is 17.5 Å². The maximum Gasteiger partial charge on any atom is 0.275 e. The summed E-state index contributed by atoms with van der Waals surface area (Å²) < 4.78 is 1.16. The van der Waals surface area contributed by atoms with Gasteiger partial charge in [-0.3, -0.25) is 19.1 Å². The SMILES string of the molecule is O=C(NN=Cc1c(O)n(-c2cccc(Cl)c2)c(=S)[nH]c1=O)c1ccccc1O. The molecule has 28 heavy (non-hydrogen) atoms. The number of H-pyrrole nitrogens is 1. The third kappa shape index (κ3) is 3.95. The molecule has 8 nitrogen and oxygen atoms in total. The monoisotopic (exact) mass is 416 g/mol. The van der Waals surface area contributed by atoms with Gasteiger partial charge in [-0.1, -0.05) is 29.8 Å². The van der Waals surface area contributed by atoms with Crippen LogP contribution >= 0.6 is 23.8 Å². The molecule has 0 atom stereocenters. The number of nitrogens with zero attached hydrogens (tertiary/aromatic N) is 2. The number of benzene rings is 2. The molecule has 0 saturated heterocycles. The Hall–Kier alpha value is -3.43. The van der Waals surface area contributed by atoms with Crippen molar-refractivity contribution in [1.82, 2.24) is 15.0 Å². The standard InChI is InChI=1S/C18H13ClN4O4S/c19-10-4-3-5-11(8-10)23-17(27)13(15(25)21-18(23)28)9-20-22-16(26)12-6-1-2-7-14(12)24/h1-9,24,27H,(H,22,26)(H,21,25,28). The van der Waals surface area contributed by atoms with Crippen LogP contribution in [0.5, 0.6) is 11.6 Å². The van der Waals surface area contributed by atoms with Crippen molar-refractivity contribution < 1.29 is 15.0 Å². The van der Waals surface area contributed by atoms with Crippen molar-refractivity contribution in [3.63, 3.8) is 0 Å². The number of hydrazone groups is 1. The second kappa shape index (κ2) is 8.07. The van der Waals surface area contributed by atoms with Gasteiger partial charge < -0.3 is 10.2 Å². The average Bonchev–Trinajstić information content (AvgIpc) is 2.64. The molecule has 0 aliphatic heterocycles. The molecular weight excluding hydrogens is 404 g/mol. The van der Waals surface area contributed by atoms with Gasteiger partial charge in [0.25, 0.3) is 11.5 Å². The largest absolute Gasteiger partial charge is 0.507 e. The lowest BCUT2D eigenvalue weighted by atomic mass is 10.2. The first-order valence-corrected chi connectivity index (χ1v) is 8.62. The zero-order valence-corrected chi connectivity index (χ0v) is 15.7. The molecule has 1 heterocycles. The second-order valence-corrected chi connectivity index (χ2v) is 6.35. The number of aromatic nitrogens is 2. The van der Waals surface area contributed by atoms with E-state index in [4.69, 9.17) is 23.8 Å². The maximum atomic E-state index is 12.1. The van der Waals surface area contributed by atoms with E-state index in [-0.39, 0.29) is 21.6 Å². The zero-order chi connectivity index (χ0) is 20.3. The third-order valence-corrected chi connectivity index (χ3v) is 4.22. The first-order chi connectivity index (χ1) is 13.4. The average molecular weight is 417 g/mol. The van der Waals surface area contributed by atoms with Crippen molar-refractivity contribution in [3.8, 4) is 17.3 Å². The molecule has 3 aromatic rings. The molecule has 1 aromatic heterocycles. The second-order valence-electron chi connectivity index (χ2n) is 5.53. The minimum absolute atomic E-state index is 0.00711. The Labute approximate surface area is 168 Å². The summed E-state index contributed by atoms with van der Waals surface area (Å²) in [4.78, 5) is 26.6. The first kappa shape index (κ1) is 19.3. The van der Waals surface area contributed by atoms with Crippen LogP contribution in [0.4, 0.5) is 0 Å². The Bertz CT molecular complexity index is 1200. The minimum atomic E-state index is -0.693. The van der Waals surface area contributed by atoms with Crippen LogP contribution in [0.1, 0.15) is 15.9 Å². The highest BCUT2D eigenvalue weighted by atomic mass is 35.5. The molecule has 0 aliphatic rings. The van der Waals surface area contributed by atoms with E-state index in [0.29, 0.717) is 10.7 Å². The number of hydrogen-bond acceptors (Lipinski definition) is 6. The van der Waals surface area contributed by atoms with Gasteiger partial charge in [0.2, 0.25) is 5.88 Å². The predicted octanol–water partition coefficient (Wildman–Crippen LogP) is 2.72. The highest BCUT2D eigenvalue weighted by molar-refractivity contribution is 7.71. The van der Waals surface area contributed by atoms with Crippen molar-refractivity contribution in [2.75, 3.05) is 0 Å². The number of nitrogens with one attached hydrogen (secondary N) is 2. The van der Waals surface area contributed by atoms with Gasteiger partial charge >= 0.3 is 0 Å². The number of amides is 1. The van der Waals surface area contributed by atoms with Gasteiger partial charge in [-0.05, 0) is 42.5 Å². The lowest BCUT2D eigenvalue weighted by Gasteiger charge is -2.11. The molecule has 0 fully saturated rings. The molecule has 0 radical (unpaired) electrons. The Morgan fingerprint density at radius 2 is 1.96 bits per heavy atom. The summed E-state index contributed by atoms with van der Waals surface area (Å²) in [5.74, 6) is -1.38. The number of phenolic OH excluding ortho intramolecular Hbond substituents is 1. The van der Waals surface area contributed by atoms with Crippen LogP contribution < -0.4 is 11.0 Å². The van der Waals surface area contributed by atoms with Crippen molar-refractivity contribution in [2.24, 2.45) is 5.10 Å². The number of para-hydroxylation sites is 1. The Balaban J connectivity index is 1.94. The number of aromatic amines is 1.